The summed E-state index contributed by atoms with van der Waals surface area (Å²) in [4.78, 5) is 33.6. The van der Waals surface area contributed by atoms with Crippen molar-refractivity contribution in [2.45, 2.75) is 25.2 Å². The number of carbonyl (C=O) groups excluding carboxylic acids is 3. The minimum atomic E-state index is -4.51. The summed E-state index contributed by atoms with van der Waals surface area (Å²) < 4.78 is 37.9. The lowest BCUT2D eigenvalue weighted by Crippen LogP contribution is -2.55. The van der Waals surface area contributed by atoms with Crippen molar-refractivity contribution in [2.24, 2.45) is 11.5 Å². The van der Waals surface area contributed by atoms with Crippen molar-refractivity contribution in [1.29, 1.82) is 0 Å². The molecule has 0 aromatic heterocycles. The van der Waals surface area contributed by atoms with E-state index in [0.717, 1.165) is 12.1 Å². The number of amides is 4. The molecule has 0 aliphatic carbocycles. The van der Waals surface area contributed by atoms with Gasteiger partial charge >= 0.3 is 12.2 Å². The van der Waals surface area contributed by atoms with Gasteiger partial charge in [-0.05, 0) is 24.6 Å². The SMILES string of the molecule is C[C@@H](NC(=O)NC(C(N)=O)C(N)=O)c1cccc(C(F)(F)F)c1. The van der Waals surface area contributed by atoms with Crippen LogP contribution in [0.4, 0.5) is 18.0 Å². The molecule has 10 heteroatoms. The fourth-order valence-corrected chi connectivity index (χ4v) is 1.72. The molecule has 0 bridgehead atoms. The number of nitrogens with one attached hydrogen (secondary N) is 2. The zero-order valence-electron chi connectivity index (χ0n) is 12.0. The lowest BCUT2D eigenvalue weighted by Gasteiger charge is -2.18. The van der Waals surface area contributed by atoms with Crippen LogP contribution in [-0.4, -0.2) is 23.9 Å². The van der Waals surface area contributed by atoms with Crippen LogP contribution in [0.3, 0.4) is 0 Å². The smallest absolute Gasteiger partial charge is 0.367 e. The van der Waals surface area contributed by atoms with E-state index in [2.05, 4.69) is 5.32 Å². The number of halogens is 3. The van der Waals surface area contributed by atoms with Crippen molar-refractivity contribution in [3.63, 3.8) is 0 Å². The maximum absolute atomic E-state index is 12.6. The normalized spacial score (nSPS) is 12.6. The standard InChI is InChI=1S/C13H15F3N4O3/c1-6(7-3-2-4-8(5-7)13(14,15)16)19-12(23)20-9(10(17)21)11(18)22/h2-6,9H,1H3,(H2,17,21)(H2,18,22)(H2,19,20,23)/t6-/m1/s1. The molecule has 0 saturated carbocycles. The zero-order chi connectivity index (χ0) is 17.8. The van der Waals surface area contributed by atoms with E-state index in [1.54, 1.807) is 0 Å². The Morgan fingerprint density at radius 1 is 1.09 bits per heavy atom. The first kappa shape index (κ1) is 18.3. The average Bonchev–Trinajstić information content (AvgIpc) is 2.43. The summed E-state index contributed by atoms with van der Waals surface area (Å²) in [5.41, 5.74) is 9.10. The van der Waals surface area contributed by atoms with E-state index in [0.29, 0.717) is 0 Å². The highest BCUT2D eigenvalue weighted by molar-refractivity contribution is 6.05. The number of urea groups is 1. The van der Waals surface area contributed by atoms with Crippen LogP contribution in [0.15, 0.2) is 24.3 Å². The molecule has 126 valence electrons. The summed E-state index contributed by atoms with van der Waals surface area (Å²) in [7, 11) is 0. The molecule has 4 amide bonds. The summed E-state index contributed by atoms with van der Waals surface area (Å²) in [6.07, 6.45) is -4.51. The number of hydrogen-bond acceptors (Lipinski definition) is 3. The third-order valence-corrected chi connectivity index (χ3v) is 2.91. The van der Waals surface area contributed by atoms with Crippen LogP contribution in [0.5, 0.6) is 0 Å². The van der Waals surface area contributed by atoms with Gasteiger partial charge in [-0.2, -0.15) is 13.2 Å². The van der Waals surface area contributed by atoms with Gasteiger partial charge in [-0.1, -0.05) is 12.1 Å². The fourth-order valence-electron chi connectivity index (χ4n) is 1.72. The highest BCUT2D eigenvalue weighted by Gasteiger charge is 2.31. The second kappa shape index (κ2) is 6.99. The Bertz CT molecular complexity index is 605. The zero-order valence-corrected chi connectivity index (χ0v) is 12.0. The van der Waals surface area contributed by atoms with Crippen LogP contribution in [0.1, 0.15) is 24.1 Å². The number of hydrogen-bond donors (Lipinski definition) is 4. The van der Waals surface area contributed by atoms with Crippen molar-refractivity contribution in [3.05, 3.63) is 35.4 Å². The highest BCUT2D eigenvalue weighted by Crippen LogP contribution is 2.30. The number of nitrogens with two attached hydrogens (primary N) is 2. The van der Waals surface area contributed by atoms with E-state index in [4.69, 9.17) is 11.5 Å². The van der Waals surface area contributed by atoms with Crippen molar-refractivity contribution >= 4 is 17.8 Å². The molecule has 0 heterocycles. The van der Waals surface area contributed by atoms with E-state index < -0.39 is 41.7 Å². The van der Waals surface area contributed by atoms with Crippen molar-refractivity contribution < 1.29 is 27.6 Å². The molecule has 0 aliphatic heterocycles. The van der Waals surface area contributed by atoms with Gasteiger partial charge in [0.2, 0.25) is 11.8 Å². The maximum Gasteiger partial charge on any atom is 0.416 e. The van der Waals surface area contributed by atoms with Gasteiger partial charge in [0.1, 0.15) is 0 Å². The molecule has 1 aromatic rings. The Kier molecular flexibility index (Phi) is 5.55. The molecule has 0 unspecified atom stereocenters. The van der Waals surface area contributed by atoms with Crippen LogP contribution in [0.25, 0.3) is 0 Å². The van der Waals surface area contributed by atoms with Gasteiger partial charge in [0, 0.05) is 0 Å². The first-order chi connectivity index (χ1) is 10.5. The van der Waals surface area contributed by atoms with Crippen LogP contribution >= 0.6 is 0 Å². The molecule has 1 rings (SSSR count). The first-order valence-corrected chi connectivity index (χ1v) is 6.35. The summed E-state index contributed by atoms with van der Waals surface area (Å²) >= 11 is 0. The number of carbonyl (C=O) groups is 3. The lowest BCUT2D eigenvalue weighted by atomic mass is 10.1. The van der Waals surface area contributed by atoms with Gasteiger partial charge in [-0.15, -0.1) is 0 Å². The molecule has 0 fully saturated rings. The van der Waals surface area contributed by atoms with E-state index in [1.165, 1.54) is 19.1 Å². The summed E-state index contributed by atoms with van der Waals surface area (Å²) in [6.45, 7) is 1.43. The number of rotatable bonds is 5. The Morgan fingerprint density at radius 3 is 2.13 bits per heavy atom. The molecule has 0 saturated heterocycles. The third-order valence-electron chi connectivity index (χ3n) is 2.91. The highest BCUT2D eigenvalue weighted by atomic mass is 19.4. The van der Waals surface area contributed by atoms with Crippen molar-refractivity contribution in [3.8, 4) is 0 Å². The molecule has 0 spiro atoms. The summed E-state index contributed by atoms with van der Waals surface area (Å²) in [5.74, 6) is -2.31. The second-order valence-electron chi connectivity index (χ2n) is 4.70. The molecule has 1 aromatic carbocycles. The average molecular weight is 332 g/mol. The second-order valence-corrected chi connectivity index (χ2v) is 4.70. The molecule has 1 atom stereocenters. The van der Waals surface area contributed by atoms with Crippen molar-refractivity contribution in [1.82, 2.24) is 10.6 Å². The van der Waals surface area contributed by atoms with Gasteiger partial charge < -0.3 is 22.1 Å². The predicted octanol–water partition coefficient (Wildman–Crippen LogP) is 0.405. The molecule has 6 N–H and O–H groups in total. The molecule has 0 radical (unpaired) electrons. The van der Waals surface area contributed by atoms with Gasteiger partial charge in [0.25, 0.3) is 0 Å². The molecule has 7 nitrogen and oxygen atoms in total. The monoisotopic (exact) mass is 332 g/mol. The van der Waals surface area contributed by atoms with Gasteiger partial charge in [-0.25, -0.2) is 4.79 Å². The van der Waals surface area contributed by atoms with E-state index in [1.807, 2.05) is 5.32 Å². The fraction of sp³-hybridized carbons (Fsp3) is 0.308. The van der Waals surface area contributed by atoms with Gasteiger partial charge in [0.15, 0.2) is 6.04 Å². The maximum atomic E-state index is 12.6. The van der Waals surface area contributed by atoms with Gasteiger partial charge in [-0.3, -0.25) is 9.59 Å². The molecule has 23 heavy (non-hydrogen) atoms. The minimum Gasteiger partial charge on any atom is -0.367 e. The third kappa shape index (κ3) is 5.16. The van der Waals surface area contributed by atoms with E-state index in [-0.39, 0.29) is 5.56 Å². The van der Waals surface area contributed by atoms with E-state index >= 15 is 0 Å². The summed E-state index contributed by atoms with van der Waals surface area (Å²) in [6, 6.07) is 0.848. The predicted molar refractivity (Wildman–Crippen MR) is 73.7 cm³/mol. The summed E-state index contributed by atoms with van der Waals surface area (Å²) in [5, 5.41) is 4.22. The lowest BCUT2D eigenvalue weighted by molar-refractivity contribution is -0.137. The molecular weight excluding hydrogens is 317 g/mol. The van der Waals surface area contributed by atoms with Crippen LogP contribution in [0, 0.1) is 0 Å². The molecular formula is C13H15F3N4O3. The minimum absolute atomic E-state index is 0.185. The number of primary amides is 2. The molecule has 0 aliphatic rings. The number of benzene rings is 1. The first-order valence-electron chi connectivity index (χ1n) is 6.35. The van der Waals surface area contributed by atoms with Crippen molar-refractivity contribution in [2.75, 3.05) is 0 Å². The van der Waals surface area contributed by atoms with Crippen LogP contribution in [0.2, 0.25) is 0 Å². The topological polar surface area (TPSA) is 127 Å². The van der Waals surface area contributed by atoms with Crippen LogP contribution in [-0.2, 0) is 15.8 Å². The van der Waals surface area contributed by atoms with Crippen LogP contribution < -0.4 is 22.1 Å². The largest absolute Gasteiger partial charge is 0.416 e. The Balaban J connectivity index is 2.80. The Hall–Kier alpha value is -2.78. The Labute approximate surface area is 129 Å². The number of alkyl halides is 3. The van der Waals surface area contributed by atoms with E-state index in [9.17, 15) is 27.6 Å². The quantitative estimate of drug-likeness (QED) is 0.583. The van der Waals surface area contributed by atoms with Gasteiger partial charge in [0.05, 0.1) is 11.6 Å². The Morgan fingerprint density at radius 2 is 1.65 bits per heavy atom.